The van der Waals surface area contributed by atoms with Crippen LogP contribution in [-0.2, 0) is 4.74 Å². The number of nitro groups is 1. The summed E-state index contributed by atoms with van der Waals surface area (Å²) in [6.45, 7) is 2.40. The summed E-state index contributed by atoms with van der Waals surface area (Å²) < 4.78 is 4.49. The summed E-state index contributed by atoms with van der Waals surface area (Å²) in [5, 5.41) is 16.5. The number of carbonyl (C=O) groups excluding carboxylic acids is 1. The van der Waals surface area contributed by atoms with Crippen molar-refractivity contribution < 1.29 is 14.5 Å². The third-order valence-electron chi connectivity index (χ3n) is 1.99. The van der Waals surface area contributed by atoms with Crippen molar-refractivity contribution in [3.8, 4) is 0 Å². The Balaban J connectivity index is 2.78. The maximum Gasteiger partial charge on any atom is 0.404 e. The first kappa shape index (κ1) is 14.4. The first-order valence-electron chi connectivity index (χ1n) is 5.45. The molecule has 10 heteroatoms. The molecule has 0 fully saturated rings. The monoisotopic (exact) mass is 270 g/mol. The van der Waals surface area contributed by atoms with Gasteiger partial charge in [-0.15, -0.1) is 0 Å². The number of anilines is 2. The van der Waals surface area contributed by atoms with Crippen molar-refractivity contribution in [1.82, 2.24) is 9.97 Å². The smallest absolute Gasteiger partial charge is 0.404 e. The highest BCUT2D eigenvalue weighted by atomic mass is 16.6. The van der Waals surface area contributed by atoms with Crippen LogP contribution in [0, 0.1) is 10.1 Å². The van der Waals surface area contributed by atoms with Gasteiger partial charge in [-0.25, -0.2) is 14.8 Å². The number of nitrogens with one attached hydrogen (secondary N) is 2. The second-order valence-electron chi connectivity index (χ2n) is 3.30. The molecule has 0 aliphatic heterocycles. The largest absolute Gasteiger partial charge is 0.448 e. The third kappa shape index (κ3) is 4.26. The Morgan fingerprint density at radius 1 is 1.47 bits per heavy atom. The van der Waals surface area contributed by atoms with Gasteiger partial charge >= 0.3 is 11.8 Å². The van der Waals surface area contributed by atoms with Gasteiger partial charge in [0.2, 0.25) is 11.6 Å². The molecule has 0 aliphatic rings. The van der Waals surface area contributed by atoms with Crippen LogP contribution in [0.4, 0.5) is 22.1 Å². The van der Waals surface area contributed by atoms with Gasteiger partial charge in [0.1, 0.15) is 12.9 Å². The molecule has 0 saturated heterocycles. The van der Waals surface area contributed by atoms with Crippen LogP contribution in [0.15, 0.2) is 6.33 Å². The van der Waals surface area contributed by atoms with Gasteiger partial charge in [0.05, 0.1) is 11.5 Å². The highest BCUT2D eigenvalue weighted by Gasteiger charge is 2.22. The normalized spacial score (nSPS) is 9.74. The molecule has 104 valence electrons. The minimum absolute atomic E-state index is 0.0208. The van der Waals surface area contributed by atoms with Crippen molar-refractivity contribution in [3.05, 3.63) is 16.4 Å². The zero-order chi connectivity index (χ0) is 14.3. The number of aromatic nitrogens is 2. The van der Waals surface area contributed by atoms with Crippen LogP contribution < -0.4 is 16.4 Å². The van der Waals surface area contributed by atoms with Crippen molar-refractivity contribution in [2.75, 3.05) is 30.3 Å². The van der Waals surface area contributed by atoms with E-state index in [0.29, 0.717) is 6.54 Å². The molecule has 1 heterocycles. The van der Waals surface area contributed by atoms with Gasteiger partial charge in [0.25, 0.3) is 0 Å². The fourth-order valence-corrected chi connectivity index (χ4v) is 1.30. The maximum atomic E-state index is 11.0. The lowest BCUT2D eigenvalue weighted by molar-refractivity contribution is -0.383. The summed E-state index contributed by atoms with van der Waals surface area (Å²) in [5.74, 6) is 0.171. The molecule has 0 aliphatic carbocycles. The Kier molecular flexibility index (Phi) is 5.26. The second kappa shape index (κ2) is 6.93. The molecule has 19 heavy (non-hydrogen) atoms. The first-order chi connectivity index (χ1) is 9.06. The fourth-order valence-electron chi connectivity index (χ4n) is 1.30. The zero-order valence-corrected chi connectivity index (χ0v) is 10.3. The van der Waals surface area contributed by atoms with Crippen molar-refractivity contribution in [2.45, 2.75) is 6.92 Å². The summed E-state index contributed by atoms with van der Waals surface area (Å²) in [5.41, 5.74) is 4.52. The molecule has 1 rings (SSSR count). The summed E-state index contributed by atoms with van der Waals surface area (Å²) in [6, 6.07) is 0. The molecule has 1 aromatic rings. The van der Waals surface area contributed by atoms with E-state index in [-0.39, 0.29) is 30.5 Å². The Hall–Kier alpha value is -2.65. The summed E-state index contributed by atoms with van der Waals surface area (Å²) >= 11 is 0. The number of hydrogen-bond acceptors (Lipinski definition) is 8. The average molecular weight is 270 g/mol. The summed E-state index contributed by atoms with van der Waals surface area (Å²) in [4.78, 5) is 28.3. The van der Waals surface area contributed by atoms with Crippen LogP contribution in [0.1, 0.15) is 6.92 Å². The van der Waals surface area contributed by atoms with Crippen molar-refractivity contribution in [3.63, 3.8) is 0 Å². The van der Waals surface area contributed by atoms with E-state index in [1.54, 1.807) is 6.92 Å². The zero-order valence-electron chi connectivity index (χ0n) is 10.3. The molecule has 0 atom stereocenters. The van der Waals surface area contributed by atoms with Gasteiger partial charge in [0, 0.05) is 6.54 Å². The van der Waals surface area contributed by atoms with Crippen LogP contribution in [0.5, 0.6) is 0 Å². The number of nitrogens with zero attached hydrogens (tertiary/aromatic N) is 3. The lowest BCUT2D eigenvalue weighted by atomic mass is 10.4. The van der Waals surface area contributed by atoms with Crippen molar-refractivity contribution in [2.24, 2.45) is 5.73 Å². The fraction of sp³-hybridized carbons (Fsp3) is 0.444. The van der Waals surface area contributed by atoms with Crippen molar-refractivity contribution in [1.29, 1.82) is 0 Å². The van der Waals surface area contributed by atoms with E-state index in [2.05, 4.69) is 25.3 Å². The van der Waals surface area contributed by atoms with Gasteiger partial charge in [-0.1, -0.05) is 0 Å². The molecule has 0 aromatic carbocycles. The first-order valence-corrected chi connectivity index (χ1v) is 5.45. The Morgan fingerprint density at radius 2 is 2.11 bits per heavy atom. The van der Waals surface area contributed by atoms with E-state index < -0.39 is 11.0 Å². The van der Waals surface area contributed by atoms with E-state index in [1.807, 2.05) is 0 Å². The molecular formula is C9H14N6O4. The molecule has 1 amide bonds. The SMILES string of the molecule is CCNc1ncnc(NCCOC(N)=O)c1[N+](=O)[O-]. The number of rotatable bonds is 7. The molecule has 0 radical (unpaired) electrons. The number of carbonyl (C=O) groups is 1. The quantitative estimate of drug-likeness (QED) is 0.365. The molecule has 0 spiro atoms. The lowest BCUT2D eigenvalue weighted by Crippen LogP contribution is -2.19. The number of amides is 1. The highest BCUT2D eigenvalue weighted by molar-refractivity contribution is 5.69. The molecular weight excluding hydrogens is 256 g/mol. The van der Waals surface area contributed by atoms with Gasteiger partial charge in [-0.2, -0.15) is 0 Å². The van der Waals surface area contributed by atoms with Gasteiger partial charge < -0.3 is 21.1 Å². The molecule has 0 unspecified atom stereocenters. The molecule has 0 saturated carbocycles. The topological polar surface area (TPSA) is 145 Å². The summed E-state index contributed by atoms with van der Waals surface area (Å²) in [7, 11) is 0. The van der Waals surface area contributed by atoms with Gasteiger partial charge in [0.15, 0.2) is 0 Å². The van der Waals surface area contributed by atoms with E-state index in [9.17, 15) is 14.9 Å². The third-order valence-corrected chi connectivity index (χ3v) is 1.99. The summed E-state index contributed by atoms with van der Waals surface area (Å²) in [6.07, 6.45) is 0.287. The number of hydrogen-bond donors (Lipinski definition) is 3. The standard InChI is InChI=1S/C9H14N6O4/c1-2-11-7-6(15(17)18)8(14-5-13-7)12-3-4-19-9(10)16/h5H,2-4H2,1H3,(H2,10,16)(H2,11,12,13,14). The van der Waals surface area contributed by atoms with Gasteiger partial charge in [-0.05, 0) is 6.92 Å². The lowest BCUT2D eigenvalue weighted by Gasteiger charge is -2.08. The molecule has 4 N–H and O–H groups in total. The Labute approximate surface area is 108 Å². The van der Waals surface area contributed by atoms with Crippen LogP contribution in [0.25, 0.3) is 0 Å². The molecule has 0 bridgehead atoms. The van der Waals surface area contributed by atoms with E-state index in [4.69, 9.17) is 5.73 Å². The molecule has 1 aromatic heterocycles. The van der Waals surface area contributed by atoms with Crippen molar-refractivity contribution >= 4 is 23.4 Å². The minimum atomic E-state index is -0.910. The number of ether oxygens (including phenoxy) is 1. The van der Waals surface area contributed by atoms with Crippen LogP contribution in [-0.4, -0.2) is 40.7 Å². The van der Waals surface area contributed by atoms with Gasteiger partial charge in [-0.3, -0.25) is 10.1 Å². The van der Waals surface area contributed by atoms with E-state index in [1.165, 1.54) is 6.33 Å². The maximum absolute atomic E-state index is 11.0. The van der Waals surface area contributed by atoms with Crippen LogP contribution >= 0.6 is 0 Å². The predicted molar refractivity (Wildman–Crippen MR) is 66.9 cm³/mol. The Bertz CT molecular complexity index is 466. The number of nitrogens with two attached hydrogens (primary N) is 1. The van der Waals surface area contributed by atoms with Crippen LogP contribution in [0.3, 0.4) is 0 Å². The van der Waals surface area contributed by atoms with E-state index >= 15 is 0 Å². The predicted octanol–water partition coefficient (Wildman–Crippen LogP) is 0.324. The minimum Gasteiger partial charge on any atom is -0.448 e. The van der Waals surface area contributed by atoms with E-state index in [0.717, 1.165) is 0 Å². The average Bonchev–Trinajstić information content (AvgIpc) is 2.34. The second-order valence-corrected chi connectivity index (χ2v) is 3.30. The Morgan fingerprint density at radius 3 is 2.63 bits per heavy atom. The molecule has 10 nitrogen and oxygen atoms in total. The number of primary amides is 1. The van der Waals surface area contributed by atoms with Crippen LogP contribution in [0.2, 0.25) is 0 Å². The highest BCUT2D eigenvalue weighted by Crippen LogP contribution is 2.28.